The van der Waals surface area contributed by atoms with Gasteiger partial charge in [-0.05, 0) is 24.3 Å². The first-order valence-electron chi connectivity index (χ1n) is 6.05. The largest absolute Gasteiger partial charge is 0.379 e. The molecule has 2 aromatic heterocycles. The molecular weight excluding hydrogens is 244 g/mol. The number of rotatable bonds is 7. The standard InChI is InChI=1S/C14H18N2OS/c1-17-11-14-6-5-13(18-14)10-15-9-7-12-4-2-3-8-16-12/h2-6,8,15H,7,9-11H2,1H3. The van der Waals surface area contributed by atoms with Gasteiger partial charge in [0, 0.05) is 48.3 Å². The molecule has 0 saturated heterocycles. The molecule has 0 aliphatic rings. The molecule has 4 heteroatoms. The third-order valence-corrected chi connectivity index (χ3v) is 3.65. The average Bonchev–Trinajstić information content (AvgIpc) is 2.84. The second-order valence-corrected chi connectivity index (χ2v) is 5.30. The Morgan fingerprint density at radius 2 is 2.11 bits per heavy atom. The lowest BCUT2D eigenvalue weighted by Gasteiger charge is -2.02. The van der Waals surface area contributed by atoms with Crippen molar-refractivity contribution in [1.82, 2.24) is 10.3 Å². The van der Waals surface area contributed by atoms with Crippen LogP contribution in [0.3, 0.4) is 0 Å². The molecule has 3 nitrogen and oxygen atoms in total. The lowest BCUT2D eigenvalue weighted by atomic mass is 10.3. The number of methoxy groups -OCH3 is 1. The Bertz CT molecular complexity index is 456. The Hall–Kier alpha value is -1.23. The Morgan fingerprint density at radius 1 is 1.22 bits per heavy atom. The van der Waals surface area contributed by atoms with Gasteiger partial charge in [-0.2, -0.15) is 0 Å². The van der Waals surface area contributed by atoms with Gasteiger partial charge in [0.25, 0.3) is 0 Å². The van der Waals surface area contributed by atoms with E-state index in [0.29, 0.717) is 6.61 Å². The van der Waals surface area contributed by atoms with E-state index >= 15 is 0 Å². The zero-order valence-corrected chi connectivity index (χ0v) is 11.4. The molecule has 0 unspecified atom stereocenters. The van der Waals surface area contributed by atoms with Crippen molar-refractivity contribution in [2.45, 2.75) is 19.6 Å². The summed E-state index contributed by atoms with van der Waals surface area (Å²) in [6.45, 7) is 2.58. The molecule has 96 valence electrons. The van der Waals surface area contributed by atoms with E-state index in [1.54, 1.807) is 18.4 Å². The van der Waals surface area contributed by atoms with Gasteiger partial charge in [0.1, 0.15) is 0 Å². The molecular formula is C14H18N2OS. The maximum atomic E-state index is 5.11. The first kappa shape index (κ1) is 13.2. The van der Waals surface area contributed by atoms with Gasteiger partial charge in [0.05, 0.1) is 6.61 Å². The maximum absolute atomic E-state index is 5.11. The third kappa shape index (κ3) is 4.22. The van der Waals surface area contributed by atoms with Crippen LogP contribution in [0.1, 0.15) is 15.4 Å². The molecule has 0 bridgehead atoms. The highest BCUT2D eigenvalue weighted by atomic mass is 32.1. The minimum absolute atomic E-state index is 0.707. The molecule has 0 fully saturated rings. The lowest BCUT2D eigenvalue weighted by Crippen LogP contribution is -2.16. The van der Waals surface area contributed by atoms with E-state index in [0.717, 1.165) is 25.2 Å². The van der Waals surface area contributed by atoms with E-state index in [4.69, 9.17) is 4.74 Å². The normalized spacial score (nSPS) is 10.7. The Kier molecular flexibility index (Phi) is 5.33. The summed E-state index contributed by atoms with van der Waals surface area (Å²) in [7, 11) is 1.73. The highest BCUT2D eigenvalue weighted by Crippen LogP contribution is 2.16. The summed E-state index contributed by atoms with van der Waals surface area (Å²) in [5.74, 6) is 0. The van der Waals surface area contributed by atoms with Gasteiger partial charge in [-0.15, -0.1) is 11.3 Å². The molecule has 0 aliphatic heterocycles. The fourth-order valence-corrected chi connectivity index (χ4v) is 2.67. The average molecular weight is 262 g/mol. The number of hydrogen-bond donors (Lipinski definition) is 1. The summed E-state index contributed by atoms with van der Waals surface area (Å²) < 4.78 is 5.11. The van der Waals surface area contributed by atoms with Crippen LogP contribution < -0.4 is 5.32 Å². The van der Waals surface area contributed by atoms with Crippen molar-refractivity contribution >= 4 is 11.3 Å². The van der Waals surface area contributed by atoms with Crippen LogP contribution in [0.2, 0.25) is 0 Å². The van der Waals surface area contributed by atoms with Crippen LogP contribution in [0.4, 0.5) is 0 Å². The van der Waals surface area contributed by atoms with Gasteiger partial charge in [-0.25, -0.2) is 0 Å². The predicted molar refractivity (Wildman–Crippen MR) is 74.7 cm³/mol. The van der Waals surface area contributed by atoms with E-state index in [1.807, 2.05) is 18.3 Å². The van der Waals surface area contributed by atoms with Crippen molar-refractivity contribution in [3.63, 3.8) is 0 Å². The highest BCUT2D eigenvalue weighted by molar-refractivity contribution is 7.11. The molecule has 0 amide bonds. The summed E-state index contributed by atoms with van der Waals surface area (Å²) in [6, 6.07) is 10.3. The third-order valence-electron chi connectivity index (χ3n) is 2.59. The van der Waals surface area contributed by atoms with Crippen LogP contribution in [0, 0.1) is 0 Å². The minimum atomic E-state index is 0.707. The molecule has 18 heavy (non-hydrogen) atoms. The van der Waals surface area contributed by atoms with Crippen molar-refractivity contribution in [2.24, 2.45) is 0 Å². The van der Waals surface area contributed by atoms with Gasteiger partial charge in [0.15, 0.2) is 0 Å². The zero-order valence-electron chi connectivity index (χ0n) is 10.6. The van der Waals surface area contributed by atoms with Crippen molar-refractivity contribution in [2.75, 3.05) is 13.7 Å². The molecule has 0 radical (unpaired) electrons. The second-order valence-electron chi connectivity index (χ2n) is 4.05. The molecule has 0 saturated carbocycles. The molecule has 0 atom stereocenters. The second kappa shape index (κ2) is 7.26. The SMILES string of the molecule is COCc1ccc(CNCCc2ccccn2)s1. The number of hydrogen-bond acceptors (Lipinski definition) is 4. The number of aromatic nitrogens is 1. The molecule has 0 aliphatic carbocycles. The van der Waals surface area contributed by atoms with Crippen molar-refractivity contribution < 1.29 is 4.74 Å². The topological polar surface area (TPSA) is 34.1 Å². The van der Waals surface area contributed by atoms with Gasteiger partial charge >= 0.3 is 0 Å². The number of thiophene rings is 1. The first-order valence-corrected chi connectivity index (χ1v) is 6.87. The van der Waals surface area contributed by atoms with Crippen LogP contribution in [0.5, 0.6) is 0 Å². The lowest BCUT2D eigenvalue weighted by molar-refractivity contribution is 0.187. The van der Waals surface area contributed by atoms with Gasteiger partial charge in [-0.3, -0.25) is 4.98 Å². The number of pyridine rings is 1. The van der Waals surface area contributed by atoms with Gasteiger partial charge < -0.3 is 10.1 Å². The number of ether oxygens (including phenoxy) is 1. The Balaban J connectivity index is 1.68. The summed E-state index contributed by atoms with van der Waals surface area (Å²) in [6.07, 6.45) is 2.81. The first-order chi connectivity index (χ1) is 8.88. The van der Waals surface area contributed by atoms with Crippen molar-refractivity contribution in [1.29, 1.82) is 0 Å². The van der Waals surface area contributed by atoms with Crippen LogP contribution >= 0.6 is 11.3 Å². The van der Waals surface area contributed by atoms with Crippen LogP contribution in [0.25, 0.3) is 0 Å². The molecule has 1 N–H and O–H groups in total. The molecule has 2 rings (SSSR count). The quantitative estimate of drug-likeness (QED) is 0.779. The molecule has 2 heterocycles. The van der Waals surface area contributed by atoms with Gasteiger partial charge in [-0.1, -0.05) is 6.07 Å². The van der Waals surface area contributed by atoms with Crippen LogP contribution in [-0.2, 0) is 24.3 Å². The monoisotopic (exact) mass is 262 g/mol. The van der Waals surface area contributed by atoms with Crippen LogP contribution in [-0.4, -0.2) is 18.6 Å². The maximum Gasteiger partial charge on any atom is 0.0805 e. The fraction of sp³-hybridized carbons (Fsp3) is 0.357. The minimum Gasteiger partial charge on any atom is -0.379 e. The van der Waals surface area contributed by atoms with Crippen molar-refractivity contribution in [3.8, 4) is 0 Å². The van der Waals surface area contributed by atoms with Crippen molar-refractivity contribution in [3.05, 3.63) is 52.0 Å². The summed E-state index contributed by atoms with van der Waals surface area (Å²) >= 11 is 1.80. The van der Waals surface area contributed by atoms with Gasteiger partial charge in [0.2, 0.25) is 0 Å². The van der Waals surface area contributed by atoms with E-state index in [2.05, 4.69) is 28.5 Å². The highest BCUT2D eigenvalue weighted by Gasteiger charge is 1.99. The summed E-state index contributed by atoms with van der Waals surface area (Å²) in [5, 5.41) is 3.44. The molecule has 2 aromatic rings. The summed E-state index contributed by atoms with van der Waals surface area (Å²) in [4.78, 5) is 6.92. The molecule has 0 spiro atoms. The fourth-order valence-electron chi connectivity index (χ4n) is 1.71. The predicted octanol–water partition coefficient (Wildman–Crippen LogP) is 2.62. The van der Waals surface area contributed by atoms with E-state index in [-0.39, 0.29) is 0 Å². The van der Waals surface area contributed by atoms with E-state index in [1.165, 1.54) is 9.75 Å². The Morgan fingerprint density at radius 3 is 2.89 bits per heavy atom. The summed E-state index contributed by atoms with van der Waals surface area (Å²) in [5.41, 5.74) is 1.14. The number of nitrogens with zero attached hydrogens (tertiary/aromatic N) is 1. The smallest absolute Gasteiger partial charge is 0.0805 e. The zero-order chi connectivity index (χ0) is 12.6. The van der Waals surface area contributed by atoms with E-state index < -0.39 is 0 Å². The molecule has 0 aromatic carbocycles. The number of nitrogens with one attached hydrogen (secondary N) is 1. The van der Waals surface area contributed by atoms with E-state index in [9.17, 15) is 0 Å². The Labute approximate surface area is 112 Å². The van der Waals surface area contributed by atoms with Crippen LogP contribution in [0.15, 0.2) is 36.5 Å².